The van der Waals surface area contributed by atoms with Crippen LogP contribution in [0.15, 0.2) is 12.4 Å². The van der Waals surface area contributed by atoms with Gasteiger partial charge in [-0.1, -0.05) is 0 Å². The van der Waals surface area contributed by atoms with E-state index in [4.69, 9.17) is 9.97 Å². The van der Waals surface area contributed by atoms with Crippen LogP contribution in [0.3, 0.4) is 0 Å². The average molecular weight is 384 g/mol. The molecule has 28 heavy (non-hydrogen) atoms. The minimum atomic E-state index is 0.477. The van der Waals surface area contributed by atoms with Gasteiger partial charge in [-0.25, -0.2) is 9.97 Å². The summed E-state index contributed by atoms with van der Waals surface area (Å²) in [6.07, 6.45) is 10.1. The lowest BCUT2D eigenvalue weighted by atomic mass is 10.1. The van der Waals surface area contributed by atoms with Crippen molar-refractivity contribution < 1.29 is 0 Å². The van der Waals surface area contributed by atoms with Crippen molar-refractivity contribution in [3.05, 3.63) is 23.7 Å². The molecule has 7 heteroatoms. The van der Waals surface area contributed by atoms with Gasteiger partial charge in [0, 0.05) is 24.0 Å². The van der Waals surface area contributed by atoms with E-state index in [1.165, 1.54) is 32.5 Å². The Morgan fingerprint density at radius 1 is 1.14 bits per heavy atom. The van der Waals surface area contributed by atoms with Crippen LogP contribution in [-0.2, 0) is 0 Å². The van der Waals surface area contributed by atoms with Crippen LogP contribution in [0.4, 0.5) is 5.82 Å². The van der Waals surface area contributed by atoms with Gasteiger partial charge in [0.25, 0.3) is 0 Å². The van der Waals surface area contributed by atoms with Crippen molar-refractivity contribution in [1.29, 1.82) is 0 Å². The lowest BCUT2D eigenvalue weighted by Gasteiger charge is -2.22. The number of hydrogen-bond donors (Lipinski definition) is 2. The highest BCUT2D eigenvalue weighted by Gasteiger charge is 2.18. The van der Waals surface area contributed by atoms with E-state index in [-0.39, 0.29) is 0 Å². The molecule has 0 aromatic carbocycles. The lowest BCUT2D eigenvalue weighted by molar-refractivity contribution is 0.337. The summed E-state index contributed by atoms with van der Waals surface area (Å²) in [6.45, 7) is 10.9. The van der Waals surface area contributed by atoms with E-state index >= 15 is 0 Å². The Morgan fingerprint density at radius 3 is 2.71 bits per heavy atom. The molecule has 2 aliphatic rings. The van der Waals surface area contributed by atoms with Gasteiger partial charge in [0.1, 0.15) is 5.82 Å². The Labute approximate surface area is 167 Å². The largest absolute Gasteiger partial charge is 0.370 e. The van der Waals surface area contributed by atoms with E-state index in [1.807, 2.05) is 6.20 Å². The molecule has 0 spiro atoms. The molecule has 4 rings (SSSR count). The van der Waals surface area contributed by atoms with Gasteiger partial charge < -0.3 is 15.5 Å². The van der Waals surface area contributed by atoms with Crippen molar-refractivity contribution >= 4 is 5.82 Å². The minimum absolute atomic E-state index is 0.477. The Hall–Kier alpha value is -1.99. The highest BCUT2D eigenvalue weighted by molar-refractivity contribution is 5.58. The fourth-order valence-corrected chi connectivity index (χ4v) is 4.17. The second kappa shape index (κ2) is 9.01. The van der Waals surface area contributed by atoms with Crippen molar-refractivity contribution in [2.75, 3.05) is 44.6 Å². The summed E-state index contributed by atoms with van der Waals surface area (Å²) >= 11 is 0. The maximum absolute atomic E-state index is 4.83. The van der Waals surface area contributed by atoms with Crippen molar-refractivity contribution in [1.82, 2.24) is 30.0 Å². The third-order valence-electron chi connectivity index (χ3n) is 6.07. The second-order valence-corrected chi connectivity index (χ2v) is 8.13. The predicted molar refractivity (Wildman–Crippen MR) is 113 cm³/mol. The van der Waals surface area contributed by atoms with E-state index in [2.05, 4.69) is 45.4 Å². The molecular weight excluding hydrogens is 350 g/mol. The zero-order valence-corrected chi connectivity index (χ0v) is 17.2. The molecule has 2 aliphatic heterocycles. The summed E-state index contributed by atoms with van der Waals surface area (Å²) in [5.74, 6) is 1.73. The Balaban J connectivity index is 1.42. The maximum atomic E-state index is 4.83. The van der Waals surface area contributed by atoms with E-state index in [0.717, 1.165) is 67.4 Å². The predicted octanol–water partition coefficient (Wildman–Crippen LogP) is 2.78. The van der Waals surface area contributed by atoms with Gasteiger partial charge in [0.15, 0.2) is 5.82 Å². The fraction of sp³-hybridized carbons (Fsp3) is 0.667. The molecule has 4 heterocycles. The van der Waals surface area contributed by atoms with Crippen LogP contribution in [-0.4, -0.2) is 63.9 Å². The van der Waals surface area contributed by atoms with Crippen LogP contribution < -0.4 is 10.6 Å². The monoisotopic (exact) mass is 383 g/mol. The molecule has 0 bridgehead atoms. The molecular formula is C21H33N7. The zero-order valence-electron chi connectivity index (χ0n) is 17.2. The topological polar surface area (TPSA) is 70.9 Å². The van der Waals surface area contributed by atoms with E-state index < -0.39 is 0 Å². The average Bonchev–Trinajstić information content (AvgIpc) is 3.41. The van der Waals surface area contributed by atoms with Crippen LogP contribution in [0.25, 0.3) is 11.4 Å². The molecule has 2 N–H and O–H groups in total. The zero-order chi connectivity index (χ0) is 19.3. The van der Waals surface area contributed by atoms with Crippen LogP contribution in [0.2, 0.25) is 0 Å². The molecule has 0 amide bonds. The molecule has 0 unspecified atom stereocenters. The van der Waals surface area contributed by atoms with Gasteiger partial charge in [-0.05, 0) is 78.7 Å². The Bertz CT molecular complexity index is 773. The summed E-state index contributed by atoms with van der Waals surface area (Å²) in [6, 6.07) is 0.477. The summed E-state index contributed by atoms with van der Waals surface area (Å²) in [7, 11) is 0. The van der Waals surface area contributed by atoms with Crippen LogP contribution in [0.5, 0.6) is 0 Å². The summed E-state index contributed by atoms with van der Waals surface area (Å²) in [4.78, 5) is 12.1. The lowest BCUT2D eigenvalue weighted by Crippen LogP contribution is -2.29. The molecule has 2 fully saturated rings. The fourth-order valence-electron chi connectivity index (χ4n) is 4.17. The molecule has 0 radical (unpaired) electrons. The first-order valence-corrected chi connectivity index (χ1v) is 10.8. The first-order chi connectivity index (χ1) is 13.7. The number of likely N-dealkylation sites (tertiary alicyclic amines) is 1. The van der Waals surface area contributed by atoms with E-state index in [0.29, 0.717) is 6.04 Å². The summed E-state index contributed by atoms with van der Waals surface area (Å²) in [5.41, 5.74) is 3.17. The van der Waals surface area contributed by atoms with Gasteiger partial charge in [-0.2, -0.15) is 5.10 Å². The molecule has 0 saturated carbocycles. The number of hydrogen-bond acceptors (Lipinski definition) is 6. The molecule has 0 atom stereocenters. The van der Waals surface area contributed by atoms with Gasteiger partial charge in [-0.3, -0.25) is 4.68 Å². The third-order valence-corrected chi connectivity index (χ3v) is 6.07. The molecule has 2 aromatic rings. The van der Waals surface area contributed by atoms with Gasteiger partial charge in [0.2, 0.25) is 0 Å². The normalized spacial score (nSPS) is 18.6. The highest BCUT2D eigenvalue weighted by atomic mass is 15.3. The van der Waals surface area contributed by atoms with Crippen molar-refractivity contribution in [3.8, 4) is 11.4 Å². The minimum Gasteiger partial charge on any atom is -0.370 e. The van der Waals surface area contributed by atoms with E-state index in [1.54, 1.807) is 0 Å². The first-order valence-electron chi connectivity index (χ1n) is 10.8. The van der Waals surface area contributed by atoms with Crippen LogP contribution >= 0.6 is 0 Å². The number of anilines is 1. The van der Waals surface area contributed by atoms with E-state index in [9.17, 15) is 0 Å². The number of aryl methyl sites for hydroxylation is 1. The van der Waals surface area contributed by atoms with Crippen molar-refractivity contribution in [2.45, 2.75) is 52.0 Å². The quantitative estimate of drug-likeness (QED) is 0.717. The van der Waals surface area contributed by atoms with Crippen molar-refractivity contribution in [2.24, 2.45) is 0 Å². The third kappa shape index (κ3) is 4.52. The summed E-state index contributed by atoms with van der Waals surface area (Å²) < 4.78 is 2.10. The van der Waals surface area contributed by atoms with Crippen LogP contribution in [0.1, 0.15) is 49.4 Å². The Morgan fingerprint density at radius 2 is 1.93 bits per heavy atom. The molecule has 0 aliphatic carbocycles. The standard InChI is InChI=1S/C21H33N7/c1-16-17(2)25-21(18-14-24-28(15-18)19-6-9-22-10-7-19)26-20(16)23-8-5-13-27-11-3-4-12-27/h14-15,19,22H,3-13H2,1-2H3,(H,23,25,26). The molecule has 2 aromatic heterocycles. The molecule has 2 saturated heterocycles. The second-order valence-electron chi connectivity index (χ2n) is 8.13. The first kappa shape index (κ1) is 19.3. The maximum Gasteiger partial charge on any atom is 0.164 e. The molecule has 152 valence electrons. The number of rotatable bonds is 7. The van der Waals surface area contributed by atoms with Gasteiger partial charge in [0.05, 0.1) is 17.8 Å². The number of nitrogens with one attached hydrogen (secondary N) is 2. The smallest absolute Gasteiger partial charge is 0.164 e. The van der Waals surface area contributed by atoms with Gasteiger partial charge >= 0.3 is 0 Å². The van der Waals surface area contributed by atoms with Gasteiger partial charge in [-0.15, -0.1) is 0 Å². The summed E-state index contributed by atoms with van der Waals surface area (Å²) in [5, 5.41) is 11.6. The number of aromatic nitrogens is 4. The van der Waals surface area contributed by atoms with Crippen LogP contribution in [0, 0.1) is 13.8 Å². The molecule has 7 nitrogen and oxygen atoms in total. The highest BCUT2D eigenvalue weighted by Crippen LogP contribution is 2.24. The number of piperidine rings is 1. The SMILES string of the molecule is Cc1nc(-c2cnn(C3CCNCC3)c2)nc(NCCCN2CCCC2)c1C. The Kier molecular flexibility index (Phi) is 6.22. The van der Waals surface area contributed by atoms with Crippen molar-refractivity contribution in [3.63, 3.8) is 0 Å². The number of nitrogens with zero attached hydrogens (tertiary/aromatic N) is 5.